The van der Waals surface area contributed by atoms with Gasteiger partial charge in [0.15, 0.2) is 0 Å². The van der Waals surface area contributed by atoms with Gasteiger partial charge in [0.2, 0.25) is 0 Å². The molecule has 0 aromatic heterocycles. The Morgan fingerprint density at radius 1 is 1.25 bits per heavy atom. The lowest BCUT2D eigenvalue weighted by atomic mass is 9.93. The molecule has 3 heteroatoms. The molecule has 3 nitrogen and oxygen atoms in total. The standard InChI is InChI=1S/C17H31N3/c1-13(2)9-10-20(16-7-8-16)14(3)11-17(4,12-18)19-15-5-6-15/h13-16,19H,5-11H2,1-4H3. The second-order valence-corrected chi connectivity index (χ2v) is 7.57. The Morgan fingerprint density at radius 2 is 1.90 bits per heavy atom. The molecule has 0 aromatic rings. The van der Waals surface area contributed by atoms with Crippen molar-refractivity contribution in [1.29, 1.82) is 5.26 Å². The van der Waals surface area contributed by atoms with Crippen molar-refractivity contribution >= 4 is 0 Å². The average molecular weight is 277 g/mol. The molecule has 0 bridgehead atoms. The van der Waals surface area contributed by atoms with E-state index in [9.17, 15) is 5.26 Å². The normalized spacial score (nSPS) is 23.6. The molecule has 0 spiro atoms. The zero-order chi connectivity index (χ0) is 14.8. The van der Waals surface area contributed by atoms with Crippen LogP contribution in [0.2, 0.25) is 0 Å². The molecule has 2 saturated carbocycles. The summed E-state index contributed by atoms with van der Waals surface area (Å²) in [6, 6.07) is 4.40. The lowest BCUT2D eigenvalue weighted by molar-refractivity contribution is 0.159. The predicted octanol–water partition coefficient (Wildman–Crippen LogP) is 3.31. The molecule has 1 N–H and O–H groups in total. The molecular formula is C17H31N3. The quantitative estimate of drug-likeness (QED) is 0.703. The van der Waals surface area contributed by atoms with Crippen LogP contribution in [0.15, 0.2) is 0 Å². The molecule has 0 amide bonds. The molecule has 2 atom stereocenters. The molecule has 2 aliphatic rings. The van der Waals surface area contributed by atoms with Gasteiger partial charge in [0, 0.05) is 18.1 Å². The average Bonchev–Trinajstić information content (AvgIpc) is 3.22. The first kappa shape index (κ1) is 15.8. The summed E-state index contributed by atoms with van der Waals surface area (Å²) >= 11 is 0. The van der Waals surface area contributed by atoms with Crippen LogP contribution in [0.25, 0.3) is 0 Å². The highest BCUT2D eigenvalue weighted by molar-refractivity contribution is 5.09. The van der Waals surface area contributed by atoms with E-state index in [1.54, 1.807) is 0 Å². The van der Waals surface area contributed by atoms with Crippen LogP contribution in [-0.2, 0) is 0 Å². The fraction of sp³-hybridized carbons (Fsp3) is 0.941. The number of rotatable bonds is 9. The van der Waals surface area contributed by atoms with E-state index in [4.69, 9.17) is 0 Å². The lowest BCUT2D eigenvalue weighted by Gasteiger charge is -2.35. The summed E-state index contributed by atoms with van der Waals surface area (Å²) in [5.74, 6) is 0.760. The smallest absolute Gasteiger partial charge is 0.105 e. The molecule has 2 unspecified atom stereocenters. The highest BCUT2D eigenvalue weighted by Crippen LogP contribution is 2.32. The third-order valence-corrected chi connectivity index (χ3v) is 4.60. The van der Waals surface area contributed by atoms with Gasteiger partial charge in [-0.05, 0) is 64.8 Å². The summed E-state index contributed by atoms with van der Waals surface area (Å²) in [5.41, 5.74) is -0.356. The summed E-state index contributed by atoms with van der Waals surface area (Å²) in [6.45, 7) is 10.2. The van der Waals surface area contributed by atoms with E-state index < -0.39 is 0 Å². The third kappa shape index (κ3) is 4.75. The zero-order valence-electron chi connectivity index (χ0n) is 13.7. The topological polar surface area (TPSA) is 39.1 Å². The minimum atomic E-state index is -0.356. The van der Waals surface area contributed by atoms with Crippen molar-refractivity contribution in [3.05, 3.63) is 0 Å². The molecule has 114 valence electrons. The van der Waals surface area contributed by atoms with Crippen LogP contribution >= 0.6 is 0 Å². The highest BCUT2D eigenvalue weighted by atomic mass is 15.2. The zero-order valence-corrected chi connectivity index (χ0v) is 13.7. The van der Waals surface area contributed by atoms with Crippen molar-refractivity contribution < 1.29 is 0 Å². The first-order valence-electron chi connectivity index (χ1n) is 8.38. The molecule has 20 heavy (non-hydrogen) atoms. The Bertz CT molecular complexity index is 352. The van der Waals surface area contributed by atoms with Crippen LogP contribution in [0.1, 0.15) is 66.2 Å². The Hall–Kier alpha value is -0.590. The molecule has 0 aliphatic heterocycles. The first-order valence-corrected chi connectivity index (χ1v) is 8.38. The number of nitriles is 1. The lowest BCUT2D eigenvalue weighted by Crippen LogP contribution is -2.48. The van der Waals surface area contributed by atoms with Crippen molar-refractivity contribution in [3.8, 4) is 6.07 Å². The fourth-order valence-corrected chi connectivity index (χ4v) is 3.10. The monoisotopic (exact) mass is 277 g/mol. The summed E-state index contributed by atoms with van der Waals surface area (Å²) in [5, 5.41) is 13.1. The molecule has 2 aliphatic carbocycles. The summed E-state index contributed by atoms with van der Waals surface area (Å²) in [4.78, 5) is 2.66. The van der Waals surface area contributed by atoms with Crippen molar-refractivity contribution in [3.63, 3.8) is 0 Å². The van der Waals surface area contributed by atoms with Crippen molar-refractivity contribution in [2.45, 2.75) is 89.9 Å². The highest BCUT2D eigenvalue weighted by Gasteiger charge is 2.38. The molecule has 0 saturated heterocycles. The van der Waals surface area contributed by atoms with Crippen molar-refractivity contribution in [2.75, 3.05) is 6.54 Å². The molecule has 0 radical (unpaired) electrons. The summed E-state index contributed by atoms with van der Waals surface area (Å²) in [7, 11) is 0. The molecule has 0 heterocycles. The molecule has 2 rings (SSSR count). The Kier molecular flexibility index (Phi) is 5.09. The van der Waals surface area contributed by atoms with Crippen LogP contribution in [0.5, 0.6) is 0 Å². The van der Waals surface area contributed by atoms with Gasteiger partial charge in [0.05, 0.1) is 6.07 Å². The Balaban J connectivity index is 1.88. The second kappa shape index (κ2) is 6.45. The van der Waals surface area contributed by atoms with Crippen molar-refractivity contribution in [1.82, 2.24) is 10.2 Å². The van der Waals surface area contributed by atoms with Crippen LogP contribution in [0, 0.1) is 17.2 Å². The van der Waals surface area contributed by atoms with E-state index in [0.29, 0.717) is 12.1 Å². The maximum absolute atomic E-state index is 9.53. The number of hydrogen-bond acceptors (Lipinski definition) is 3. The molecular weight excluding hydrogens is 246 g/mol. The van der Waals surface area contributed by atoms with E-state index >= 15 is 0 Å². The number of hydrogen-bond donors (Lipinski definition) is 1. The minimum absolute atomic E-state index is 0.356. The van der Waals surface area contributed by atoms with Gasteiger partial charge < -0.3 is 0 Å². The maximum atomic E-state index is 9.53. The first-order chi connectivity index (χ1) is 9.43. The van der Waals surface area contributed by atoms with Gasteiger partial charge in [0.1, 0.15) is 5.54 Å². The summed E-state index contributed by atoms with van der Waals surface area (Å²) < 4.78 is 0. The largest absolute Gasteiger partial charge is 0.298 e. The maximum Gasteiger partial charge on any atom is 0.105 e. The minimum Gasteiger partial charge on any atom is -0.298 e. The fourth-order valence-electron chi connectivity index (χ4n) is 3.10. The van der Waals surface area contributed by atoms with Gasteiger partial charge >= 0.3 is 0 Å². The Labute approximate surface area is 124 Å². The van der Waals surface area contributed by atoms with Gasteiger partial charge in [-0.1, -0.05) is 13.8 Å². The van der Waals surface area contributed by atoms with Crippen LogP contribution in [-0.4, -0.2) is 35.1 Å². The van der Waals surface area contributed by atoms with Gasteiger partial charge in [-0.2, -0.15) is 5.26 Å². The van der Waals surface area contributed by atoms with Crippen LogP contribution < -0.4 is 5.32 Å². The van der Waals surface area contributed by atoms with Gasteiger partial charge in [0.25, 0.3) is 0 Å². The SMILES string of the molecule is CC(C)CCN(C(C)CC(C)(C#N)NC1CC1)C1CC1. The number of nitrogens with one attached hydrogen (secondary N) is 1. The van der Waals surface area contributed by atoms with E-state index in [-0.39, 0.29) is 5.54 Å². The number of nitrogens with zero attached hydrogens (tertiary/aromatic N) is 2. The van der Waals surface area contributed by atoms with Crippen molar-refractivity contribution in [2.24, 2.45) is 5.92 Å². The van der Waals surface area contributed by atoms with Gasteiger partial charge in [-0.15, -0.1) is 0 Å². The molecule has 0 aromatic carbocycles. The van der Waals surface area contributed by atoms with Gasteiger partial charge in [-0.25, -0.2) is 0 Å². The van der Waals surface area contributed by atoms with E-state index in [1.165, 1.54) is 38.6 Å². The van der Waals surface area contributed by atoms with E-state index in [1.807, 2.05) is 0 Å². The predicted molar refractivity (Wildman–Crippen MR) is 83.4 cm³/mol. The Morgan fingerprint density at radius 3 is 2.35 bits per heavy atom. The van der Waals surface area contributed by atoms with Gasteiger partial charge in [-0.3, -0.25) is 10.2 Å². The van der Waals surface area contributed by atoms with E-state index in [0.717, 1.165) is 18.4 Å². The summed E-state index contributed by atoms with van der Waals surface area (Å²) in [6.07, 6.45) is 7.38. The van der Waals surface area contributed by atoms with E-state index in [2.05, 4.69) is 44.0 Å². The van der Waals surface area contributed by atoms with Crippen LogP contribution in [0.4, 0.5) is 0 Å². The molecule has 2 fully saturated rings. The second-order valence-electron chi connectivity index (χ2n) is 7.57. The van der Waals surface area contributed by atoms with Crippen LogP contribution in [0.3, 0.4) is 0 Å². The third-order valence-electron chi connectivity index (χ3n) is 4.60.